The van der Waals surface area contributed by atoms with Crippen molar-refractivity contribution in [3.63, 3.8) is 0 Å². The molecule has 4 heteroatoms. The number of nitrogens with one attached hydrogen (secondary N) is 1. The Labute approximate surface area is 120 Å². The van der Waals surface area contributed by atoms with Gasteiger partial charge in [-0.3, -0.25) is 0 Å². The maximum atomic E-state index is 9.67. The monoisotopic (exact) mass is 285 g/mol. The second-order valence-electron chi connectivity index (χ2n) is 5.70. The minimum atomic E-state index is -0.706. The van der Waals surface area contributed by atoms with Crippen molar-refractivity contribution in [2.24, 2.45) is 0 Å². The van der Waals surface area contributed by atoms with Gasteiger partial charge in [-0.15, -0.1) is 0 Å². The normalized spacial score (nSPS) is 11.9. The summed E-state index contributed by atoms with van der Waals surface area (Å²) in [6.07, 6.45) is 0.590. The lowest BCUT2D eigenvalue weighted by Crippen LogP contribution is -2.23. The maximum absolute atomic E-state index is 9.67. The fraction of sp³-hybridized carbons (Fsp3) is 0.600. The molecule has 0 aliphatic heterocycles. The minimum absolute atomic E-state index is 0.406. The molecule has 0 saturated carbocycles. The molecule has 0 fully saturated rings. The van der Waals surface area contributed by atoms with Gasteiger partial charge in [0.05, 0.1) is 12.2 Å². The highest BCUT2D eigenvalue weighted by atomic mass is 35.5. The van der Waals surface area contributed by atoms with Crippen LogP contribution >= 0.6 is 11.6 Å². The van der Waals surface area contributed by atoms with Crippen LogP contribution < -0.4 is 10.1 Å². The summed E-state index contributed by atoms with van der Waals surface area (Å²) >= 11 is 6.02. The van der Waals surface area contributed by atoms with Gasteiger partial charge in [0, 0.05) is 29.6 Å². The molecule has 0 spiro atoms. The van der Waals surface area contributed by atoms with E-state index < -0.39 is 5.60 Å². The van der Waals surface area contributed by atoms with Gasteiger partial charge in [-0.2, -0.15) is 0 Å². The zero-order valence-corrected chi connectivity index (χ0v) is 12.9. The van der Waals surface area contributed by atoms with Crippen LogP contribution in [0.4, 0.5) is 0 Å². The van der Waals surface area contributed by atoms with Crippen LogP contribution in [0.25, 0.3) is 0 Å². The maximum Gasteiger partial charge on any atom is 0.123 e. The van der Waals surface area contributed by atoms with Crippen LogP contribution in [0.15, 0.2) is 18.2 Å². The number of halogens is 1. The summed E-state index contributed by atoms with van der Waals surface area (Å²) in [5.74, 6) is 0.821. The average molecular weight is 286 g/mol. The zero-order chi connectivity index (χ0) is 14.5. The Morgan fingerprint density at radius 3 is 2.63 bits per heavy atom. The van der Waals surface area contributed by atoms with E-state index in [-0.39, 0.29) is 0 Å². The number of aliphatic hydroxyl groups is 1. The Balaban J connectivity index is 2.65. The lowest BCUT2D eigenvalue weighted by molar-refractivity contribution is 0.0552. The number of hydrogen-bond donors (Lipinski definition) is 2. The molecule has 1 aromatic rings. The fourth-order valence-electron chi connectivity index (χ4n) is 1.55. The van der Waals surface area contributed by atoms with Gasteiger partial charge in [0.15, 0.2) is 0 Å². The van der Waals surface area contributed by atoms with Crippen molar-refractivity contribution >= 4 is 11.6 Å². The molecule has 0 amide bonds. The first-order valence-corrected chi connectivity index (χ1v) is 7.03. The molecule has 0 bridgehead atoms. The molecule has 0 unspecified atom stereocenters. The quantitative estimate of drug-likeness (QED) is 0.807. The second kappa shape index (κ2) is 7.13. The predicted octanol–water partition coefficient (Wildman–Crippen LogP) is 3.38. The Kier molecular flexibility index (Phi) is 6.11. The van der Waals surface area contributed by atoms with Crippen molar-refractivity contribution in [1.82, 2.24) is 5.32 Å². The van der Waals surface area contributed by atoms with Crippen LogP contribution in [-0.2, 0) is 6.54 Å². The fourth-order valence-corrected chi connectivity index (χ4v) is 1.75. The molecule has 19 heavy (non-hydrogen) atoms. The van der Waals surface area contributed by atoms with E-state index in [0.29, 0.717) is 24.1 Å². The van der Waals surface area contributed by atoms with Crippen molar-refractivity contribution in [3.8, 4) is 5.75 Å². The van der Waals surface area contributed by atoms with Crippen molar-refractivity contribution in [2.75, 3.05) is 6.61 Å². The number of ether oxygens (including phenoxy) is 1. The predicted molar refractivity (Wildman–Crippen MR) is 79.8 cm³/mol. The highest BCUT2D eigenvalue weighted by Gasteiger charge is 2.13. The Bertz CT molecular complexity index is 400. The van der Waals surface area contributed by atoms with Crippen LogP contribution in [-0.4, -0.2) is 23.4 Å². The smallest absolute Gasteiger partial charge is 0.123 e. The molecule has 1 rings (SSSR count). The largest absolute Gasteiger partial charge is 0.493 e. The summed E-state index contributed by atoms with van der Waals surface area (Å²) in [6, 6.07) is 6.02. The third-order valence-electron chi connectivity index (χ3n) is 2.69. The number of rotatable bonds is 7. The molecular weight excluding hydrogens is 262 g/mol. The van der Waals surface area contributed by atoms with Gasteiger partial charge in [-0.1, -0.05) is 25.4 Å². The highest BCUT2D eigenvalue weighted by molar-refractivity contribution is 6.30. The van der Waals surface area contributed by atoms with E-state index in [0.717, 1.165) is 17.9 Å². The molecule has 0 radical (unpaired) electrons. The van der Waals surface area contributed by atoms with E-state index in [1.165, 1.54) is 0 Å². The second-order valence-corrected chi connectivity index (χ2v) is 6.13. The number of benzene rings is 1. The number of hydrogen-bond acceptors (Lipinski definition) is 3. The van der Waals surface area contributed by atoms with Gasteiger partial charge < -0.3 is 15.2 Å². The van der Waals surface area contributed by atoms with E-state index >= 15 is 0 Å². The van der Waals surface area contributed by atoms with E-state index in [4.69, 9.17) is 16.3 Å². The van der Waals surface area contributed by atoms with Crippen molar-refractivity contribution in [2.45, 2.75) is 52.3 Å². The molecule has 0 heterocycles. The van der Waals surface area contributed by atoms with E-state index in [2.05, 4.69) is 19.2 Å². The van der Waals surface area contributed by atoms with Gasteiger partial charge in [0.2, 0.25) is 0 Å². The van der Waals surface area contributed by atoms with Gasteiger partial charge in [-0.25, -0.2) is 0 Å². The molecule has 0 atom stereocenters. The molecule has 108 valence electrons. The van der Waals surface area contributed by atoms with E-state index in [1.54, 1.807) is 13.8 Å². The molecule has 0 saturated heterocycles. The first-order chi connectivity index (χ1) is 8.78. The van der Waals surface area contributed by atoms with Gasteiger partial charge in [0.1, 0.15) is 5.75 Å². The summed E-state index contributed by atoms with van der Waals surface area (Å²) < 4.78 is 5.74. The first kappa shape index (κ1) is 16.3. The van der Waals surface area contributed by atoms with Gasteiger partial charge in [-0.05, 0) is 32.0 Å². The van der Waals surface area contributed by atoms with Crippen LogP contribution in [0.1, 0.15) is 39.7 Å². The SMILES string of the molecule is CC(C)NCc1cc(Cl)ccc1OCCC(C)(C)O. The molecule has 0 aliphatic carbocycles. The standard InChI is InChI=1S/C15H24ClNO2/c1-11(2)17-10-12-9-13(16)5-6-14(12)19-8-7-15(3,4)18/h5-6,9,11,17-18H,7-8,10H2,1-4H3. The summed E-state index contributed by atoms with van der Waals surface area (Å²) in [6.45, 7) is 8.95. The Morgan fingerprint density at radius 2 is 2.05 bits per heavy atom. The molecule has 2 N–H and O–H groups in total. The van der Waals surface area contributed by atoms with Crippen LogP contribution in [0.3, 0.4) is 0 Å². The van der Waals surface area contributed by atoms with Crippen LogP contribution in [0.2, 0.25) is 5.02 Å². The lowest BCUT2D eigenvalue weighted by Gasteiger charge is -2.19. The Morgan fingerprint density at radius 1 is 1.37 bits per heavy atom. The summed E-state index contributed by atoms with van der Waals surface area (Å²) in [4.78, 5) is 0. The Hall–Kier alpha value is -0.770. The molecule has 0 aliphatic rings. The van der Waals surface area contributed by atoms with E-state index in [1.807, 2.05) is 18.2 Å². The summed E-state index contributed by atoms with van der Waals surface area (Å²) in [5.41, 5.74) is 0.333. The topological polar surface area (TPSA) is 41.5 Å². The summed E-state index contributed by atoms with van der Waals surface area (Å²) in [7, 11) is 0. The van der Waals surface area contributed by atoms with E-state index in [9.17, 15) is 5.11 Å². The first-order valence-electron chi connectivity index (χ1n) is 6.65. The third-order valence-corrected chi connectivity index (χ3v) is 2.93. The third kappa shape index (κ3) is 6.81. The minimum Gasteiger partial charge on any atom is -0.493 e. The summed E-state index contributed by atoms with van der Waals surface area (Å²) in [5, 5.41) is 13.7. The average Bonchev–Trinajstić information content (AvgIpc) is 2.27. The van der Waals surface area contributed by atoms with Gasteiger partial charge in [0.25, 0.3) is 0 Å². The molecular formula is C15H24ClNO2. The van der Waals surface area contributed by atoms with Crippen molar-refractivity contribution in [3.05, 3.63) is 28.8 Å². The van der Waals surface area contributed by atoms with Crippen molar-refractivity contribution in [1.29, 1.82) is 0 Å². The van der Waals surface area contributed by atoms with Crippen molar-refractivity contribution < 1.29 is 9.84 Å². The van der Waals surface area contributed by atoms with Crippen LogP contribution in [0, 0.1) is 0 Å². The zero-order valence-electron chi connectivity index (χ0n) is 12.2. The molecule has 3 nitrogen and oxygen atoms in total. The molecule has 1 aromatic carbocycles. The van der Waals surface area contributed by atoms with Gasteiger partial charge >= 0.3 is 0 Å². The molecule has 0 aromatic heterocycles. The highest BCUT2D eigenvalue weighted by Crippen LogP contribution is 2.23. The lowest BCUT2D eigenvalue weighted by atomic mass is 10.1. The van der Waals surface area contributed by atoms with Crippen LogP contribution in [0.5, 0.6) is 5.75 Å².